The molecule has 1 atom stereocenters. The van der Waals surface area contributed by atoms with E-state index in [2.05, 4.69) is 5.32 Å². The SMILES string of the molecule is CC[C@H](C(=O)NC1CCCC1)N(Cc1ccc(F)cc1)C(=O)COc1ccc(Cl)cc1Cl. The molecule has 2 aromatic rings. The Hall–Kier alpha value is -2.31. The zero-order valence-electron chi connectivity index (χ0n) is 18.0. The molecule has 5 nitrogen and oxygen atoms in total. The summed E-state index contributed by atoms with van der Waals surface area (Å²) in [4.78, 5) is 27.7. The van der Waals surface area contributed by atoms with E-state index in [0.717, 1.165) is 31.2 Å². The summed E-state index contributed by atoms with van der Waals surface area (Å²) in [6, 6.07) is 10.1. The van der Waals surface area contributed by atoms with Crippen molar-refractivity contribution in [1.29, 1.82) is 0 Å². The summed E-state index contributed by atoms with van der Waals surface area (Å²) >= 11 is 12.0. The number of ether oxygens (including phenoxy) is 1. The van der Waals surface area contributed by atoms with Crippen LogP contribution in [0.15, 0.2) is 42.5 Å². The fourth-order valence-electron chi connectivity index (χ4n) is 3.89. The Morgan fingerprint density at radius 3 is 2.47 bits per heavy atom. The van der Waals surface area contributed by atoms with Gasteiger partial charge in [0.15, 0.2) is 6.61 Å². The van der Waals surface area contributed by atoms with Crippen LogP contribution in [0.1, 0.15) is 44.6 Å². The standard InChI is InChI=1S/C24H27Cl2FN2O3/c1-2-21(24(31)28-19-5-3-4-6-19)29(14-16-7-10-18(27)11-8-16)23(30)15-32-22-12-9-17(25)13-20(22)26/h7-13,19,21H,2-6,14-15H2,1H3,(H,28,31)/t21-/m1/s1. The Morgan fingerprint density at radius 1 is 1.16 bits per heavy atom. The Morgan fingerprint density at radius 2 is 1.84 bits per heavy atom. The Kier molecular flexibility index (Phi) is 8.76. The smallest absolute Gasteiger partial charge is 0.261 e. The molecule has 0 spiro atoms. The summed E-state index contributed by atoms with van der Waals surface area (Å²) in [5, 5.41) is 3.83. The highest BCUT2D eigenvalue weighted by atomic mass is 35.5. The Bertz CT molecular complexity index is 933. The van der Waals surface area contributed by atoms with Gasteiger partial charge in [0.25, 0.3) is 5.91 Å². The summed E-state index contributed by atoms with van der Waals surface area (Å²) in [5.41, 5.74) is 0.719. The fourth-order valence-corrected chi connectivity index (χ4v) is 4.35. The molecule has 0 unspecified atom stereocenters. The molecular weight excluding hydrogens is 454 g/mol. The highest BCUT2D eigenvalue weighted by Crippen LogP contribution is 2.27. The lowest BCUT2D eigenvalue weighted by Gasteiger charge is -2.31. The molecule has 0 heterocycles. The van der Waals surface area contributed by atoms with Gasteiger partial charge in [-0.1, -0.05) is 55.1 Å². The maximum Gasteiger partial charge on any atom is 0.261 e. The monoisotopic (exact) mass is 480 g/mol. The van der Waals surface area contributed by atoms with Crippen LogP contribution in [0.2, 0.25) is 10.0 Å². The van der Waals surface area contributed by atoms with E-state index in [-0.39, 0.29) is 36.8 Å². The van der Waals surface area contributed by atoms with E-state index in [1.165, 1.54) is 23.1 Å². The maximum atomic E-state index is 13.4. The van der Waals surface area contributed by atoms with Gasteiger partial charge in [0.2, 0.25) is 5.91 Å². The summed E-state index contributed by atoms with van der Waals surface area (Å²) in [7, 11) is 0. The quantitative estimate of drug-likeness (QED) is 0.524. The number of hydrogen-bond acceptors (Lipinski definition) is 3. The average molecular weight is 481 g/mol. The molecule has 1 N–H and O–H groups in total. The van der Waals surface area contributed by atoms with Gasteiger partial charge >= 0.3 is 0 Å². The lowest BCUT2D eigenvalue weighted by Crippen LogP contribution is -2.52. The van der Waals surface area contributed by atoms with E-state index in [4.69, 9.17) is 27.9 Å². The number of rotatable bonds is 9. The van der Waals surface area contributed by atoms with Crippen molar-refractivity contribution in [3.63, 3.8) is 0 Å². The summed E-state index contributed by atoms with van der Waals surface area (Å²) in [6.07, 6.45) is 4.52. The third kappa shape index (κ3) is 6.59. The zero-order valence-corrected chi connectivity index (χ0v) is 19.5. The van der Waals surface area contributed by atoms with Gasteiger partial charge in [-0.3, -0.25) is 9.59 Å². The highest BCUT2D eigenvalue weighted by Gasteiger charge is 2.31. The number of carbonyl (C=O) groups is 2. The van der Waals surface area contributed by atoms with Gasteiger partial charge in [0, 0.05) is 17.6 Å². The zero-order chi connectivity index (χ0) is 23.1. The number of nitrogens with zero attached hydrogens (tertiary/aromatic N) is 1. The number of nitrogens with one attached hydrogen (secondary N) is 1. The molecule has 0 saturated heterocycles. The highest BCUT2D eigenvalue weighted by molar-refractivity contribution is 6.35. The van der Waals surface area contributed by atoms with Gasteiger partial charge in [-0.25, -0.2) is 4.39 Å². The van der Waals surface area contributed by atoms with E-state index in [1.54, 1.807) is 24.3 Å². The second-order valence-corrected chi connectivity index (χ2v) is 8.77. The molecule has 1 aliphatic carbocycles. The Balaban J connectivity index is 1.76. The van der Waals surface area contributed by atoms with Crippen LogP contribution in [0.4, 0.5) is 4.39 Å². The van der Waals surface area contributed by atoms with Crippen LogP contribution >= 0.6 is 23.2 Å². The topological polar surface area (TPSA) is 58.6 Å². The van der Waals surface area contributed by atoms with Crippen LogP contribution in [0.25, 0.3) is 0 Å². The van der Waals surface area contributed by atoms with Crippen molar-refractivity contribution in [3.05, 3.63) is 63.9 Å². The number of benzene rings is 2. The van der Waals surface area contributed by atoms with Gasteiger partial charge in [0.1, 0.15) is 17.6 Å². The van der Waals surface area contributed by atoms with Crippen molar-refractivity contribution >= 4 is 35.0 Å². The molecule has 2 amide bonds. The first-order chi connectivity index (χ1) is 15.4. The minimum Gasteiger partial charge on any atom is -0.482 e. The van der Waals surface area contributed by atoms with Gasteiger partial charge in [0.05, 0.1) is 5.02 Å². The van der Waals surface area contributed by atoms with Gasteiger partial charge < -0.3 is 15.0 Å². The molecule has 1 aliphatic rings. The average Bonchev–Trinajstić information content (AvgIpc) is 3.27. The van der Waals surface area contributed by atoms with E-state index < -0.39 is 6.04 Å². The van der Waals surface area contributed by atoms with Gasteiger partial charge in [-0.05, 0) is 55.2 Å². The lowest BCUT2D eigenvalue weighted by molar-refractivity contribution is -0.143. The second kappa shape index (κ2) is 11.5. The predicted molar refractivity (Wildman–Crippen MR) is 123 cm³/mol. The lowest BCUT2D eigenvalue weighted by atomic mass is 10.1. The van der Waals surface area contributed by atoms with Crippen molar-refractivity contribution < 1.29 is 18.7 Å². The molecule has 32 heavy (non-hydrogen) atoms. The molecule has 8 heteroatoms. The first-order valence-electron chi connectivity index (χ1n) is 10.8. The first-order valence-corrected chi connectivity index (χ1v) is 11.5. The third-order valence-electron chi connectivity index (χ3n) is 5.60. The molecule has 0 bridgehead atoms. The molecule has 172 valence electrons. The largest absolute Gasteiger partial charge is 0.482 e. The number of amides is 2. The third-order valence-corrected chi connectivity index (χ3v) is 6.13. The normalized spacial score (nSPS) is 14.8. The molecular formula is C24H27Cl2FN2O3. The molecule has 1 saturated carbocycles. The fraction of sp³-hybridized carbons (Fsp3) is 0.417. The molecule has 2 aromatic carbocycles. The van der Waals surface area contributed by atoms with E-state index in [9.17, 15) is 14.0 Å². The van der Waals surface area contributed by atoms with Crippen molar-refractivity contribution in [2.24, 2.45) is 0 Å². The van der Waals surface area contributed by atoms with Crippen LogP contribution in [0.3, 0.4) is 0 Å². The van der Waals surface area contributed by atoms with Crippen LogP contribution in [-0.4, -0.2) is 35.4 Å². The molecule has 3 rings (SSSR count). The Labute approximate surface area is 197 Å². The van der Waals surface area contributed by atoms with E-state index in [0.29, 0.717) is 22.2 Å². The van der Waals surface area contributed by atoms with Gasteiger partial charge in [-0.15, -0.1) is 0 Å². The summed E-state index contributed by atoms with van der Waals surface area (Å²) < 4.78 is 19.0. The minimum absolute atomic E-state index is 0.142. The van der Waals surface area contributed by atoms with E-state index in [1.807, 2.05) is 6.92 Å². The second-order valence-electron chi connectivity index (χ2n) is 7.93. The van der Waals surface area contributed by atoms with Crippen molar-refractivity contribution in [1.82, 2.24) is 10.2 Å². The molecule has 0 radical (unpaired) electrons. The summed E-state index contributed by atoms with van der Waals surface area (Å²) in [6.45, 7) is 1.73. The van der Waals surface area contributed by atoms with Crippen LogP contribution in [0, 0.1) is 5.82 Å². The maximum absolute atomic E-state index is 13.4. The molecule has 0 aromatic heterocycles. The minimum atomic E-state index is -0.669. The van der Waals surface area contributed by atoms with Crippen LogP contribution in [-0.2, 0) is 16.1 Å². The first kappa shape index (κ1) is 24.3. The van der Waals surface area contributed by atoms with Crippen LogP contribution < -0.4 is 10.1 Å². The van der Waals surface area contributed by atoms with Gasteiger partial charge in [-0.2, -0.15) is 0 Å². The van der Waals surface area contributed by atoms with E-state index >= 15 is 0 Å². The number of halogens is 3. The van der Waals surface area contributed by atoms with Crippen molar-refractivity contribution in [2.75, 3.05) is 6.61 Å². The molecule has 1 fully saturated rings. The van der Waals surface area contributed by atoms with Crippen molar-refractivity contribution in [2.45, 2.75) is 57.7 Å². The van der Waals surface area contributed by atoms with Crippen molar-refractivity contribution in [3.8, 4) is 5.75 Å². The number of carbonyl (C=O) groups excluding carboxylic acids is 2. The summed E-state index contributed by atoms with van der Waals surface area (Å²) in [5.74, 6) is -0.582. The van der Waals surface area contributed by atoms with Crippen LogP contribution in [0.5, 0.6) is 5.75 Å². The molecule has 0 aliphatic heterocycles. The number of hydrogen-bond donors (Lipinski definition) is 1. The predicted octanol–water partition coefficient (Wildman–Crippen LogP) is 5.38.